The van der Waals surface area contributed by atoms with Gasteiger partial charge in [-0.05, 0) is 36.7 Å². The minimum atomic E-state index is -0.915. The van der Waals surface area contributed by atoms with Crippen LogP contribution >= 0.6 is 0 Å². The lowest BCUT2D eigenvalue weighted by molar-refractivity contribution is -0.163. The average molecular weight is 435 g/mol. The first-order valence-electron chi connectivity index (χ1n) is 11.4. The first kappa shape index (κ1) is 23.5. The van der Waals surface area contributed by atoms with E-state index in [1.54, 1.807) is 6.08 Å². The van der Waals surface area contributed by atoms with Crippen LogP contribution in [0.3, 0.4) is 0 Å². The summed E-state index contributed by atoms with van der Waals surface area (Å²) in [5.74, 6) is -2.26. The number of esters is 2. The van der Waals surface area contributed by atoms with Gasteiger partial charge in [-0.3, -0.25) is 14.4 Å². The fourth-order valence-electron chi connectivity index (χ4n) is 5.03. The van der Waals surface area contributed by atoms with Crippen molar-refractivity contribution in [1.29, 1.82) is 0 Å². The molecule has 3 rings (SSSR count). The van der Waals surface area contributed by atoms with Crippen molar-refractivity contribution in [3.05, 3.63) is 23.8 Å². The van der Waals surface area contributed by atoms with Gasteiger partial charge in [-0.1, -0.05) is 39.0 Å². The molecule has 0 aromatic rings. The number of hydrogen-bond donors (Lipinski definition) is 2. The van der Waals surface area contributed by atoms with Crippen LogP contribution in [0, 0.1) is 29.6 Å². The van der Waals surface area contributed by atoms with Gasteiger partial charge in [-0.15, -0.1) is 0 Å². The molecule has 0 aromatic carbocycles. The Kier molecular flexibility index (Phi) is 7.57. The van der Waals surface area contributed by atoms with E-state index >= 15 is 0 Å². The number of carbonyl (C=O) groups is 3. The SMILES string of the molecule is CCC(C)C(=O)O[C@H]1C[C@@H](C(=O)O)C=C2C=C[C@H](C)[C@H](CC[C@@H]3C[C@@H](O)CC(=O)O3)[C@H]21. The molecule has 1 unspecified atom stereocenters. The summed E-state index contributed by atoms with van der Waals surface area (Å²) in [6, 6.07) is 0. The Hall–Kier alpha value is -2.15. The van der Waals surface area contributed by atoms with Crippen molar-refractivity contribution in [2.45, 2.75) is 77.6 Å². The lowest BCUT2D eigenvalue weighted by Gasteiger charge is -2.43. The second kappa shape index (κ2) is 9.98. The normalized spacial score (nSPS) is 36.1. The molecule has 3 aliphatic rings. The molecule has 2 N–H and O–H groups in total. The van der Waals surface area contributed by atoms with Crippen molar-refractivity contribution < 1.29 is 34.1 Å². The number of aliphatic hydroxyl groups is 1. The number of aliphatic hydroxyl groups excluding tert-OH is 1. The Balaban J connectivity index is 1.80. The van der Waals surface area contributed by atoms with Crippen LogP contribution in [0.15, 0.2) is 23.8 Å². The topological polar surface area (TPSA) is 110 Å². The zero-order valence-corrected chi connectivity index (χ0v) is 18.5. The van der Waals surface area contributed by atoms with Gasteiger partial charge in [0.1, 0.15) is 12.2 Å². The third kappa shape index (κ3) is 5.56. The molecule has 2 aliphatic carbocycles. The fraction of sp³-hybridized carbons (Fsp3) is 0.708. The number of cyclic esters (lactones) is 1. The minimum Gasteiger partial charge on any atom is -0.481 e. The van der Waals surface area contributed by atoms with Gasteiger partial charge in [0.2, 0.25) is 0 Å². The summed E-state index contributed by atoms with van der Waals surface area (Å²) >= 11 is 0. The van der Waals surface area contributed by atoms with E-state index in [2.05, 4.69) is 13.0 Å². The summed E-state index contributed by atoms with van der Waals surface area (Å²) in [4.78, 5) is 36.0. The summed E-state index contributed by atoms with van der Waals surface area (Å²) in [6.45, 7) is 5.85. The van der Waals surface area contributed by atoms with E-state index in [1.165, 1.54) is 0 Å². The first-order chi connectivity index (χ1) is 14.7. The summed E-state index contributed by atoms with van der Waals surface area (Å²) in [7, 11) is 0. The van der Waals surface area contributed by atoms with Crippen molar-refractivity contribution in [3.8, 4) is 0 Å². The van der Waals surface area contributed by atoms with Crippen molar-refractivity contribution in [2.24, 2.45) is 29.6 Å². The zero-order chi connectivity index (χ0) is 22.7. The van der Waals surface area contributed by atoms with Gasteiger partial charge >= 0.3 is 17.9 Å². The van der Waals surface area contributed by atoms with E-state index < -0.39 is 24.1 Å². The number of aliphatic carboxylic acids is 1. The monoisotopic (exact) mass is 434 g/mol. The smallest absolute Gasteiger partial charge is 0.310 e. The predicted molar refractivity (Wildman–Crippen MR) is 113 cm³/mol. The van der Waals surface area contributed by atoms with E-state index in [0.29, 0.717) is 19.3 Å². The van der Waals surface area contributed by atoms with Crippen LogP contribution in [0.4, 0.5) is 0 Å². The van der Waals surface area contributed by atoms with Gasteiger partial charge in [0.25, 0.3) is 0 Å². The van der Waals surface area contributed by atoms with E-state index in [1.807, 2.05) is 19.9 Å². The lowest BCUT2D eigenvalue weighted by atomic mass is 9.65. The van der Waals surface area contributed by atoms with E-state index in [-0.39, 0.29) is 54.6 Å². The Morgan fingerprint density at radius 1 is 1.29 bits per heavy atom. The maximum absolute atomic E-state index is 12.6. The molecule has 1 saturated heterocycles. The molecule has 172 valence electrons. The zero-order valence-electron chi connectivity index (χ0n) is 18.5. The third-order valence-corrected chi connectivity index (χ3v) is 7.05. The average Bonchev–Trinajstić information content (AvgIpc) is 2.71. The van der Waals surface area contributed by atoms with E-state index in [4.69, 9.17) is 9.47 Å². The number of carboxylic acid groups (broad SMARTS) is 1. The molecule has 7 heteroatoms. The Morgan fingerprint density at radius 2 is 2.03 bits per heavy atom. The quantitative estimate of drug-likeness (QED) is 0.592. The Morgan fingerprint density at radius 3 is 2.68 bits per heavy atom. The number of carbonyl (C=O) groups excluding carboxylic acids is 2. The molecule has 7 nitrogen and oxygen atoms in total. The summed E-state index contributed by atoms with van der Waals surface area (Å²) in [6.07, 6.45) is 7.09. The van der Waals surface area contributed by atoms with Gasteiger partial charge in [0.05, 0.1) is 24.4 Å². The summed E-state index contributed by atoms with van der Waals surface area (Å²) in [5.41, 5.74) is 0.907. The van der Waals surface area contributed by atoms with Crippen molar-refractivity contribution in [3.63, 3.8) is 0 Å². The number of rotatable bonds is 7. The molecule has 8 atom stereocenters. The van der Waals surface area contributed by atoms with Gasteiger partial charge < -0.3 is 19.7 Å². The van der Waals surface area contributed by atoms with Crippen molar-refractivity contribution in [1.82, 2.24) is 0 Å². The molecule has 0 spiro atoms. The van der Waals surface area contributed by atoms with Crippen LogP contribution in [-0.4, -0.2) is 46.4 Å². The maximum atomic E-state index is 12.6. The fourth-order valence-corrected chi connectivity index (χ4v) is 5.03. The highest BCUT2D eigenvalue weighted by atomic mass is 16.6. The molecule has 1 aliphatic heterocycles. The summed E-state index contributed by atoms with van der Waals surface area (Å²) < 4.78 is 11.3. The van der Waals surface area contributed by atoms with Gasteiger partial charge in [0.15, 0.2) is 0 Å². The predicted octanol–water partition coefficient (Wildman–Crippen LogP) is 3.26. The molecule has 0 bridgehead atoms. The first-order valence-corrected chi connectivity index (χ1v) is 11.4. The number of allylic oxidation sites excluding steroid dienone is 2. The molecular formula is C24H34O7. The van der Waals surface area contributed by atoms with E-state index in [9.17, 15) is 24.6 Å². The van der Waals surface area contributed by atoms with Crippen LogP contribution < -0.4 is 0 Å². The Bertz CT molecular complexity index is 755. The largest absolute Gasteiger partial charge is 0.481 e. The number of fused-ring (bicyclic) bond motifs is 1. The molecule has 0 amide bonds. The second-order valence-electron chi connectivity index (χ2n) is 9.32. The van der Waals surface area contributed by atoms with Crippen LogP contribution in [0.25, 0.3) is 0 Å². The van der Waals surface area contributed by atoms with Gasteiger partial charge in [-0.25, -0.2) is 0 Å². The molecule has 1 fully saturated rings. The number of carboxylic acids is 1. The molecule has 0 saturated carbocycles. The molecule has 31 heavy (non-hydrogen) atoms. The number of ether oxygens (including phenoxy) is 2. The standard InChI is InChI=1S/C24H34O7/c1-4-13(2)24(29)31-20-10-16(23(27)28)9-15-6-5-14(3)19(22(15)20)8-7-18-11-17(25)12-21(26)30-18/h5-6,9,13-14,16-20,22,25H,4,7-8,10-12H2,1-3H3,(H,27,28)/t13?,14-,16-,17+,18+,19-,20-,22-/m0/s1. The molecule has 1 heterocycles. The lowest BCUT2D eigenvalue weighted by Crippen LogP contribution is -2.43. The molecule has 0 radical (unpaired) electrons. The van der Waals surface area contributed by atoms with Crippen LogP contribution in [0.2, 0.25) is 0 Å². The van der Waals surface area contributed by atoms with Gasteiger partial charge in [-0.2, -0.15) is 0 Å². The van der Waals surface area contributed by atoms with Gasteiger partial charge in [0, 0.05) is 18.8 Å². The van der Waals surface area contributed by atoms with E-state index in [0.717, 1.165) is 12.0 Å². The van der Waals surface area contributed by atoms with Crippen LogP contribution in [0.5, 0.6) is 0 Å². The highest BCUT2D eigenvalue weighted by molar-refractivity contribution is 5.74. The molecule has 0 aromatic heterocycles. The van der Waals surface area contributed by atoms with Crippen molar-refractivity contribution in [2.75, 3.05) is 0 Å². The van der Waals surface area contributed by atoms with Crippen molar-refractivity contribution >= 4 is 17.9 Å². The highest BCUT2D eigenvalue weighted by Gasteiger charge is 2.44. The summed E-state index contributed by atoms with van der Waals surface area (Å²) in [5, 5.41) is 19.5. The van der Waals surface area contributed by atoms with Crippen LogP contribution in [-0.2, 0) is 23.9 Å². The highest BCUT2D eigenvalue weighted by Crippen LogP contribution is 2.45. The van der Waals surface area contributed by atoms with Crippen LogP contribution in [0.1, 0.15) is 59.3 Å². The third-order valence-electron chi connectivity index (χ3n) is 7.05. The second-order valence-corrected chi connectivity index (χ2v) is 9.32. The maximum Gasteiger partial charge on any atom is 0.310 e. The molecular weight excluding hydrogens is 400 g/mol. The Labute approximate surface area is 183 Å². The minimum absolute atomic E-state index is 0.0405. The number of hydrogen-bond acceptors (Lipinski definition) is 6.